The van der Waals surface area contributed by atoms with Gasteiger partial charge in [0, 0.05) is 4.47 Å². The highest BCUT2D eigenvalue weighted by molar-refractivity contribution is 9.10. The lowest BCUT2D eigenvalue weighted by Crippen LogP contribution is -2.06. The number of ether oxygens (including phenoxy) is 2. The zero-order chi connectivity index (χ0) is 15.2. The zero-order valence-electron chi connectivity index (χ0n) is 11.3. The Morgan fingerprint density at radius 2 is 1.95 bits per heavy atom. The first-order valence-electron chi connectivity index (χ1n) is 6.13. The molecule has 0 fully saturated rings. The Labute approximate surface area is 131 Å². The first kappa shape index (κ1) is 15.1. The molecular formula is C16H12BrNO3. The number of esters is 1. The second-order valence-electron chi connectivity index (χ2n) is 4.23. The number of hydrogen-bond acceptors (Lipinski definition) is 4. The van der Waals surface area contributed by atoms with Gasteiger partial charge in [0.05, 0.1) is 24.3 Å². The summed E-state index contributed by atoms with van der Waals surface area (Å²) >= 11 is 3.31. The lowest BCUT2D eigenvalue weighted by Gasteiger charge is -2.08. The van der Waals surface area contributed by atoms with Crippen molar-refractivity contribution in [1.82, 2.24) is 0 Å². The molecule has 0 aromatic heterocycles. The highest BCUT2D eigenvalue weighted by Crippen LogP contribution is 2.23. The molecule has 0 aliphatic rings. The van der Waals surface area contributed by atoms with E-state index in [9.17, 15) is 4.79 Å². The van der Waals surface area contributed by atoms with Crippen molar-refractivity contribution < 1.29 is 14.3 Å². The number of benzene rings is 2. The molecule has 0 N–H and O–H groups in total. The van der Waals surface area contributed by atoms with Crippen molar-refractivity contribution in [2.24, 2.45) is 0 Å². The number of nitrogens with zero attached hydrogens (tertiary/aromatic N) is 1. The van der Waals surface area contributed by atoms with Gasteiger partial charge >= 0.3 is 5.97 Å². The van der Waals surface area contributed by atoms with Crippen LogP contribution in [0.15, 0.2) is 46.9 Å². The van der Waals surface area contributed by atoms with Crippen molar-refractivity contribution in [2.75, 3.05) is 7.11 Å². The van der Waals surface area contributed by atoms with Crippen LogP contribution in [0.1, 0.15) is 21.5 Å². The van der Waals surface area contributed by atoms with E-state index in [4.69, 9.17) is 14.7 Å². The van der Waals surface area contributed by atoms with E-state index in [2.05, 4.69) is 15.9 Å². The molecule has 0 aliphatic carbocycles. The van der Waals surface area contributed by atoms with Crippen molar-refractivity contribution in [3.8, 4) is 11.8 Å². The number of carbonyl (C=O) groups excluding carboxylic acids is 1. The molecule has 0 spiro atoms. The number of hydrogen-bond donors (Lipinski definition) is 0. The number of halogens is 1. The third kappa shape index (κ3) is 3.83. The third-order valence-corrected chi connectivity index (χ3v) is 3.54. The van der Waals surface area contributed by atoms with E-state index in [1.54, 1.807) is 42.5 Å². The van der Waals surface area contributed by atoms with E-state index in [0.717, 1.165) is 5.56 Å². The monoisotopic (exact) mass is 345 g/mol. The molecule has 2 aromatic carbocycles. The zero-order valence-corrected chi connectivity index (χ0v) is 12.9. The summed E-state index contributed by atoms with van der Waals surface area (Å²) in [5.74, 6) is 0.147. The van der Waals surface area contributed by atoms with Gasteiger partial charge in [-0.25, -0.2) is 4.79 Å². The van der Waals surface area contributed by atoms with Gasteiger partial charge in [-0.1, -0.05) is 12.1 Å². The summed E-state index contributed by atoms with van der Waals surface area (Å²) in [4.78, 5) is 12.1. The van der Waals surface area contributed by atoms with E-state index in [1.165, 1.54) is 7.11 Å². The minimum absolute atomic E-state index is 0.147. The van der Waals surface area contributed by atoms with Crippen LogP contribution in [0.25, 0.3) is 0 Å². The van der Waals surface area contributed by atoms with Gasteiger partial charge < -0.3 is 9.47 Å². The molecule has 106 valence electrons. The normalized spacial score (nSPS) is 9.76. The Hall–Kier alpha value is -2.32. The summed E-state index contributed by atoms with van der Waals surface area (Å²) < 4.78 is 11.0. The second kappa shape index (κ2) is 6.91. The SMILES string of the molecule is COc1ccc(Br)c(C(=O)OCc2ccc(C#N)cc2)c1. The molecule has 0 radical (unpaired) electrons. The van der Waals surface area contributed by atoms with Gasteiger partial charge in [0.2, 0.25) is 0 Å². The maximum atomic E-state index is 12.1. The summed E-state index contributed by atoms with van der Waals surface area (Å²) in [6.45, 7) is 0.147. The Balaban J connectivity index is 2.06. The van der Waals surface area contributed by atoms with Gasteiger partial charge in [0.15, 0.2) is 0 Å². The molecule has 21 heavy (non-hydrogen) atoms. The van der Waals surface area contributed by atoms with E-state index in [0.29, 0.717) is 21.3 Å². The molecule has 0 unspecified atom stereocenters. The number of methoxy groups -OCH3 is 1. The van der Waals surface area contributed by atoms with Crippen molar-refractivity contribution in [1.29, 1.82) is 5.26 Å². The van der Waals surface area contributed by atoms with Crippen LogP contribution in [0.4, 0.5) is 0 Å². The lowest BCUT2D eigenvalue weighted by atomic mass is 10.1. The van der Waals surface area contributed by atoms with Crippen LogP contribution in [0.3, 0.4) is 0 Å². The minimum atomic E-state index is -0.440. The van der Waals surface area contributed by atoms with Gasteiger partial charge in [-0.05, 0) is 51.8 Å². The summed E-state index contributed by atoms with van der Waals surface area (Å²) in [7, 11) is 1.54. The average Bonchev–Trinajstić information content (AvgIpc) is 2.53. The predicted octanol–water partition coefficient (Wildman–Crippen LogP) is 3.69. The molecule has 0 amide bonds. The molecule has 0 bridgehead atoms. The standard InChI is InChI=1S/C16H12BrNO3/c1-20-13-6-7-15(17)14(8-13)16(19)21-10-12-4-2-11(9-18)3-5-12/h2-8H,10H2,1H3. The number of nitriles is 1. The maximum absolute atomic E-state index is 12.1. The third-order valence-electron chi connectivity index (χ3n) is 2.85. The molecule has 2 rings (SSSR count). The Bertz CT molecular complexity index is 690. The fraction of sp³-hybridized carbons (Fsp3) is 0.125. The molecule has 0 atom stereocenters. The lowest BCUT2D eigenvalue weighted by molar-refractivity contribution is 0.0471. The van der Waals surface area contributed by atoms with Crippen LogP contribution in [-0.2, 0) is 11.3 Å². The highest BCUT2D eigenvalue weighted by Gasteiger charge is 2.13. The van der Waals surface area contributed by atoms with Crippen molar-refractivity contribution in [3.05, 3.63) is 63.6 Å². The van der Waals surface area contributed by atoms with Crippen LogP contribution in [0.2, 0.25) is 0 Å². The minimum Gasteiger partial charge on any atom is -0.497 e. The summed E-state index contributed by atoms with van der Waals surface area (Å²) in [6, 6.07) is 14.0. The van der Waals surface area contributed by atoms with E-state index in [1.807, 2.05) is 6.07 Å². The topological polar surface area (TPSA) is 59.3 Å². The number of rotatable bonds is 4. The Morgan fingerprint density at radius 1 is 1.24 bits per heavy atom. The second-order valence-corrected chi connectivity index (χ2v) is 5.08. The quantitative estimate of drug-likeness (QED) is 0.793. The van der Waals surface area contributed by atoms with Gasteiger partial charge in [-0.3, -0.25) is 0 Å². The number of carbonyl (C=O) groups is 1. The van der Waals surface area contributed by atoms with Crippen LogP contribution >= 0.6 is 15.9 Å². The summed E-state index contributed by atoms with van der Waals surface area (Å²) in [6.07, 6.45) is 0. The first-order valence-corrected chi connectivity index (χ1v) is 6.93. The van der Waals surface area contributed by atoms with Crippen LogP contribution in [0.5, 0.6) is 5.75 Å². The van der Waals surface area contributed by atoms with Crippen molar-refractivity contribution >= 4 is 21.9 Å². The summed E-state index contributed by atoms with van der Waals surface area (Å²) in [5, 5.41) is 8.72. The van der Waals surface area contributed by atoms with E-state index >= 15 is 0 Å². The Kier molecular flexibility index (Phi) is 4.96. The van der Waals surface area contributed by atoms with Crippen LogP contribution < -0.4 is 4.74 Å². The van der Waals surface area contributed by atoms with Crippen molar-refractivity contribution in [3.63, 3.8) is 0 Å². The van der Waals surface area contributed by atoms with Gasteiger partial charge in [0.25, 0.3) is 0 Å². The highest BCUT2D eigenvalue weighted by atomic mass is 79.9. The van der Waals surface area contributed by atoms with Gasteiger partial charge in [-0.15, -0.1) is 0 Å². The summed E-state index contributed by atoms with van der Waals surface area (Å²) in [5.41, 5.74) is 1.80. The molecule has 2 aromatic rings. The smallest absolute Gasteiger partial charge is 0.339 e. The Morgan fingerprint density at radius 3 is 2.57 bits per heavy atom. The predicted molar refractivity (Wildman–Crippen MR) is 81.0 cm³/mol. The average molecular weight is 346 g/mol. The maximum Gasteiger partial charge on any atom is 0.339 e. The van der Waals surface area contributed by atoms with E-state index in [-0.39, 0.29) is 6.61 Å². The van der Waals surface area contributed by atoms with Crippen molar-refractivity contribution in [2.45, 2.75) is 6.61 Å². The fourth-order valence-electron chi connectivity index (χ4n) is 1.69. The molecule has 0 saturated heterocycles. The molecule has 5 heteroatoms. The van der Waals surface area contributed by atoms with Crippen LogP contribution in [0, 0.1) is 11.3 Å². The first-order chi connectivity index (χ1) is 10.1. The molecule has 0 aliphatic heterocycles. The molecule has 0 saturated carbocycles. The molecule has 0 heterocycles. The van der Waals surface area contributed by atoms with Gasteiger partial charge in [0.1, 0.15) is 12.4 Å². The van der Waals surface area contributed by atoms with Gasteiger partial charge in [-0.2, -0.15) is 5.26 Å². The van der Waals surface area contributed by atoms with E-state index < -0.39 is 5.97 Å². The molecule has 4 nitrogen and oxygen atoms in total. The fourth-order valence-corrected chi connectivity index (χ4v) is 2.10. The largest absolute Gasteiger partial charge is 0.497 e. The van der Waals surface area contributed by atoms with Crippen LogP contribution in [-0.4, -0.2) is 13.1 Å². The molecular weight excluding hydrogens is 334 g/mol.